The second kappa shape index (κ2) is 4.19. The van der Waals surface area contributed by atoms with E-state index < -0.39 is 5.41 Å². The smallest absolute Gasteiger partial charge is 0.144 e. The fourth-order valence-electron chi connectivity index (χ4n) is 2.47. The van der Waals surface area contributed by atoms with Gasteiger partial charge in [-0.25, -0.2) is 0 Å². The second-order valence-electron chi connectivity index (χ2n) is 4.60. The van der Waals surface area contributed by atoms with Gasteiger partial charge in [0.1, 0.15) is 5.78 Å². The van der Waals surface area contributed by atoms with Gasteiger partial charge in [0.2, 0.25) is 0 Å². The van der Waals surface area contributed by atoms with Crippen LogP contribution in [0.4, 0.5) is 0 Å². The van der Waals surface area contributed by atoms with Gasteiger partial charge in [-0.05, 0) is 31.4 Å². The summed E-state index contributed by atoms with van der Waals surface area (Å²) >= 11 is 6.17. The summed E-state index contributed by atoms with van der Waals surface area (Å²) < 4.78 is 0. The van der Waals surface area contributed by atoms with Crippen LogP contribution in [0.25, 0.3) is 0 Å². The van der Waals surface area contributed by atoms with Gasteiger partial charge in [0.25, 0.3) is 0 Å². The molecular formula is C13H16ClNO. The van der Waals surface area contributed by atoms with E-state index in [0.717, 1.165) is 18.4 Å². The predicted octanol–water partition coefficient (Wildman–Crippen LogP) is 2.68. The highest BCUT2D eigenvalue weighted by Crippen LogP contribution is 2.38. The fourth-order valence-corrected chi connectivity index (χ4v) is 2.80. The van der Waals surface area contributed by atoms with Crippen LogP contribution < -0.4 is 5.73 Å². The molecule has 2 nitrogen and oxygen atoms in total. The molecule has 2 rings (SSSR count). The summed E-state index contributed by atoms with van der Waals surface area (Å²) in [5, 5.41) is 0.635. The molecule has 0 bridgehead atoms. The Balaban J connectivity index is 2.51. The molecule has 3 heteroatoms. The lowest BCUT2D eigenvalue weighted by molar-refractivity contribution is -0.126. The second-order valence-corrected chi connectivity index (χ2v) is 5.01. The normalized spacial score (nSPS) is 30.4. The van der Waals surface area contributed by atoms with Crippen LogP contribution in [0.3, 0.4) is 0 Å². The van der Waals surface area contributed by atoms with E-state index in [1.165, 1.54) is 0 Å². The van der Waals surface area contributed by atoms with E-state index in [2.05, 4.69) is 0 Å². The third-order valence-corrected chi connectivity index (χ3v) is 4.00. The first kappa shape index (κ1) is 11.6. The highest BCUT2D eigenvalue weighted by atomic mass is 35.5. The van der Waals surface area contributed by atoms with Crippen LogP contribution in [-0.4, -0.2) is 11.8 Å². The molecular weight excluding hydrogens is 222 g/mol. The first-order valence-electron chi connectivity index (χ1n) is 5.60. The van der Waals surface area contributed by atoms with Gasteiger partial charge in [0, 0.05) is 17.5 Å². The Kier molecular flexibility index (Phi) is 3.04. The molecule has 0 heterocycles. The number of hydrogen-bond donors (Lipinski definition) is 1. The lowest BCUT2D eigenvalue weighted by atomic mass is 9.67. The number of rotatable bonds is 1. The molecule has 1 aromatic rings. The number of carbonyl (C=O) groups excluding carboxylic acids is 1. The van der Waals surface area contributed by atoms with Gasteiger partial charge in [0.05, 0.1) is 5.41 Å². The van der Waals surface area contributed by atoms with Crippen LogP contribution in [0.15, 0.2) is 24.3 Å². The van der Waals surface area contributed by atoms with Crippen molar-refractivity contribution in [3.63, 3.8) is 0 Å². The topological polar surface area (TPSA) is 43.1 Å². The standard InChI is InChI=1S/C13H16ClNO/c1-13(9-5-2-3-6-10(9)14)11(15)7-4-8-12(13)16/h2-3,5-6,11H,4,7-8,15H2,1H3. The molecule has 86 valence electrons. The Labute approximate surface area is 101 Å². The molecule has 1 fully saturated rings. The van der Waals surface area contributed by atoms with E-state index in [4.69, 9.17) is 17.3 Å². The average molecular weight is 238 g/mol. The largest absolute Gasteiger partial charge is 0.326 e. The summed E-state index contributed by atoms with van der Waals surface area (Å²) in [4.78, 5) is 12.1. The van der Waals surface area contributed by atoms with Gasteiger partial charge in [-0.15, -0.1) is 0 Å². The fraction of sp³-hybridized carbons (Fsp3) is 0.462. The number of nitrogens with two attached hydrogens (primary N) is 1. The van der Waals surface area contributed by atoms with Gasteiger partial charge >= 0.3 is 0 Å². The van der Waals surface area contributed by atoms with Crippen LogP contribution in [0, 0.1) is 0 Å². The molecule has 0 spiro atoms. The Morgan fingerprint density at radius 2 is 2.12 bits per heavy atom. The molecule has 2 N–H and O–H groups in total. The maximum Gasteiger partial charge on any atom is 0.144 e. The number of halogens is 1. The summed E-state index contributed by atoms with van der Waals surface area (Å²) in [5.41, 5.74) is 6.38. The van der Waals surface area contributed by atoms with Crippen LogP contribution in [-0.2, 0) is 10.2 Å². The van der Waals surface area contributed by atoms with Crippen LogP contribution in [0.2, 0.25) is 5.02 Å². The summed E-state index contributed by atoms with van der Waals surface area (Å²) in [6, 6.07) is 7.37. The maximum atomic E-state index is 12.1. The van der Waals surface area contributed by atoms with Crippen molar-refractivity contribution < 1.29 is 4.79 Å². The third-order valence-electron chi connectivity index (χ3n) is 3.67. The molecule has 1 saturated carbocycles. The minimum atomic E-state index is -0.614. The van der Waals surface area contributed by atoms with E-state index in [9.17, 15) is 4.79 Å². The van der Waals surface area contributed by atoms with E-state index in [1.54, 1.807) is 0 Å². The van der Waals surface area contributed by atoms with E-state index in [-0.39, 0.29) is 11.8 Å². The Bertz CT molecular complexity index is 418. The highest BCUT2D eigenvalue weighted by molar-refractivity contribution is 6.31. The van der Waals surface area contributed by atoms with Crippen molar-refractivity contribution in [3.05, 3.63) is 34.9 Å². The zero-order chi connectivity index (χ0) is 11.8. The zero-order valence-electron chi connectivity index (χ0n) is 9.37. The molecule has 0 aromatic heterocycles. The molecule has 2 unspecified atom stereocenters. The number of Topliss-reactive ketones (excluding diaryl/α,β-unsaturated/α-hetero) is 1. The minimum absolute atomic E-state index is 0.131. The van der Waals surface area contributed by atoms with Gasteiger partial charge in [-0.1, -0.05) is 29.8 Å². The van der Waals surface area contributed by atoms with Crippen molar-refractivity contribution in [3.8, 4) is 0 Å². The SMILES string of the molecule is CC1(c2ccccc2Cl)C(=O)CCCC1N. The monoisotopic (exact) mass is 237 g/mol. The Morgan fingerprint density at radius 1 is 1.44 bits per heavy atom. The first-order chi connectivity index (χ1) is 7.56. The molecule has 1 aliphatic rings. The van der Waals surface area contributed by atoms with Crippen molar-refractivity contribution in [2.75, 3.05) is 0 Å². The highest BCUT2D eigenvalue weighted by Gasteiger charge is 2.43. The predicted molar refractivity (Wildman–Crippen MR) is 65.6 cm³/mol. The van der Waals surface area contributed by atoms with Crippen LogP contribution in [0.5, 0.6) is 0 Å². The van der Waals surface area contributed by atoms with Gasteiger partial charge in [-0.3, -0.25) is 4.79 Å². The summed E-state index contributed by atoms with van der Waals surface area (Å²) in [6.45, 7) is 1.92. The molecule has 1 aromatic carbocycles. The summed E-state index contributed by atoms with van der Waals surface area (Å²) in [5.74, 6) is 0.208. The van der Waals surface area contributed by atoms with Crippen LogP contribution >= 0.6 is 11.6 Å². The zero-order valence-corrected chi connectivity index (χ0v) is 10.1. The number of ketones is 1. The van der Waals surface area contributed by atoms with Crippen molar-refractivity contribution in [2.24, 2.45) is 5.73 Å². The first-order valence-corrected chi connectivity index (χ1v) is 5.98. The number of benzene rings is 1. The van der Waals surface area contributed by atoms with Crippen LogP contribution in [0.1, 0.15) is 31.7 Å². The summed E-state index contributed by atoms with van der Waals surface area (Å²) in [6.07, 6.45) is 2.38. The molecule has 1 aliphatic carbocycles. The van der Waals surface area contributed by atoms with E-state index in [0.29, 0.717) is 11.4 Å². The molecule has 0 radical (unpaired) electrons. The molecule has 2 atom stereocenters. The van der Waals surface area contributed by atoms with Crippen molar-refractivity contribution in [1.29, 1.82) is 0 Å². The Hall–Kier alpha value is -0.860. The van der Waals surface area contributed by atoms with Crippen molar-refractivity contribution in [2.45, 2.75) is 37.6 Å². The molecule has 0 amide bonds. The lowest BCUT2D eigenvalue weighted by Gasteiger charge is -2.38. The van der Waals surface area contributed by atoms with Crippen molar-refractivity contribution in [1.82, 2.24) is 0 Å². The molecule has 0 saturated heterocycles. The van der Waals surface area contributed by atoms with E-state index >= 15 is 0 Å². The number of hydrogen-bond acceptors (Lipinski definition) is 2. The summed E-state index contributed by atoms with van der Waals surface area (Å²) in [7, 11) is 0. The van der Waals surface area contributed by atoms with Gasteiger partial charge in [0.15, 0.2) is 0 Å². The van der Waals surface area contributed by atoms with E-state index in [1.807, 2.05) is 31.2 Å². The quantitative estimate of drug-likeness (QED) is 0.816. The Morgan fingerprint density at radius 3 is 2.75 bits per heavy atom. The average Bonchev–Trinajstić information content (AvgIpc) is 2.26. The van der Waals surface area contributed by atoms with Crippen molar-refractivity contribution >= 4 is 17.4 Å². The third kappa shape index (κ3) is 1.66. The van der Waals surface area contributed by atoms with Gasteiger partial charge in [-0.2, -0.15) is 0 Å². The lowest BCUT2D eigenvalue weighted by Crippen LogP contribution is -2.51. The molecule has 0 aliphatic heterocycles. The minimum Gasteiger partial charge on any atom is -0.326 e. The molecule has 16 heavy (non-hydrogen) atoms. The van der Waals surface area contributed by atoms with Gasteiger partial charge < -0.3 is 5.73 Å². The number of carbonyl (C=O) groups is 1. The maximum absolute atomic E-state index is 12.1.